The van der Waals surface area contributed by atoms with Crippen molar-refractivity contribution in [2.45, 2.75) is 20.5 Å². The van der Waals surface area contributed by atoms with Gasteiger partial charge in [-0.15, -0.1) is 10.2 Å². The summed E-state index contributed by atoms with van der Waals surface area (Å²) >= 11 is 5.69. The summed E-state index contributed by atoms with van der Waals surface area (Å²) in [6.45, 7) is 4.04. The second-order valence-corrected chi connectivity index (χ2v) is 5.12. The Morgan fingerprint density at radius 1 is 1.14 bits per heavy atom. The van der Waals surface area contributed by atoms with Crippen molar-refractivity contribution in [1.82, 2.24) is 20.3 Å². The van der Waals surface area contributed by atoms with Crippen LogP contribution in [0.4, 0.5) is 0 Å². The van der Waals surface area contributed by atoms with E-state index in [0.29, 0.717) is 22.5 Å². The zero-order valence-electron chi connectivity index (χ0n) is 12.1. The van der Waals surface area contributed by atoms with Gasteiger partial charge in [0, 0.05) is 23.5 Å². The van der Waals surface area contributed by atoms with Gasteiger partial charge in [0.2, 0.25) is 5.88 Å². The third-order valence-corrected chi connectivity index (χ3v) is 3.34. The van der Waals surface area contributed by atoms with Crippen molar-refractivity contribution in [3.05, 3.63) is 52.6 Å². The van der Waals surface area contributed by atoms with Gasteiger partial charge < -0.3 is 9.26 Å². The molecule has 6 nitrogen and oxygen atoms in total. The standard InChI is InChI=1S/C15H13ClN4O2/c1-9-3-4-11(7-17-9)15-12(10(2)22-20-15)8-21-14-6-5-13(16)18-19-14/h3-7H,8H2,1-2H3. The maximum Gasteiger partial charge on any atom is 0.233 e. The SMILES string of the molecule is Cc1ccc(-c2noc(C)c2COc2ccc(Cl)nn2)cn1. The van der Waals surface area contributed by atoms with Crippen LogP contribution in [0.5, 0.6) is 5.88 Å². The Hall–Kier alpha value is -2.47. The molecule has 0 atom stereocenters. The van der Waals surface area contributed by atoms with E-state index in [1.165, 1.54) is 0 Å². The van der Waals surface area contributed by atoms with Gasteiger partial charge in [0.05, 0.1) is 5.56 Å². The minimum Gasteiger partial charge on any atom is -0.472 e. The van der Waals surface area contributed by atoms with E-state index in [1.54, 1.807) is 18.3 Å². The first-order valence-corrected chi connectivity index (χ1v) is 7.01. The van der Waals surface area contributed by atoms with Crippen LogP contribution in [0.1, 0.15) is 17.0 Å². The van der Waals surface area contributed by atoms with Crippen molar-refractivity contribution in [3.63, 3.8) is 0 Å². The smallest absolute Gasteiger partial charge is 0.233 e. The number of rotatable bonds is 4. The Morgan fingerprint density at radius 3 is 2.68 bits per heavy atom. The summed E-state index contributed by atoms with van der Waals surface area (Å²) in [7, 11) is 0. The summed E-state index contributed by atoms with van der Waals surface area (Å²) in [5.41, 5.74) is 3.38. The van der Waals surface area contributed by atoms with E-state index in [0.717, 1.165) is 16.8 Å². The molecule has 0 spiro atoms. The molecule has 7 heteroatoms. The Kier molecular flexibility index (Phi) is 4.02. The average molecular weight is 317 g/mol. The van der Waals surface area contributed by atoms with Gasteiger partial charge in [-0.25, -0.2) is 0 Å². The Labute approximate surface area is 132 Å². The molecule has 0 aliphatic rings. The van der Waals surface area contributed by atoms with E-state index in [2.05, 4.69) is 20.3 Å². The normalized spacial score (nSPS) is 10.7. The summed E-state index contributed by atoms with van der Waals surface area (Å²) < 4.78 is 10.9. The first-order valence-electron chi connectivity index (χ1n) is 6.63. The van der Waals surface area contributed by atoms with Crippen LogP contribution in [0.2, 0.25) is 5.15 Å². The molecule has 0 saturated heterocycles. The molecule has 0 unspecified atom stereocenters. The van der Waals surface area contributed by atoms with Crippen LogP contribution in [0.3, 0.4) is 0 Å². The average Bonchev–Trinajstić information content (AvgIpc) is 2.89. The Bertz CT molecular complexity index is 769. The second kappa shape index (κ2) is 6.11. The number of halogens is 1. The van der Waals surface area contributed by atoms with Crippen LogP contribution >= 0.6 is 11.6 Å². The molecule has 0 amide bonds. The van der Waals surface area contributed by atoms with Gasteiger partial charge >= 0.3 is 0 Å². The monoisotopic (exact) mass is 316 g/mol. The zero-order chi connectivity index (χ0) is 15.5. The van der Waals surface area contributed by atoms with Gasteiger partial charge in [-0.05, 0) is 32.0 Å². The minimum atomic E-state index is 0.273. The fourth-order valence-corrected chi connectivity index (χ4v) is 2.02. The third kappa shape index (κ3) is 3.07. The van der Waals surface area contributed by atoms with Gasteiger partial charge in [-0.3, -0.25) is 4.98 Å². The van der Waals surface area contributed by atoms with Gasteiger partial charge in [0.25, 0.3) is 0 Å². The van der Waals surface area contributed by atoms with Crippen LogP contribution in [0.15, 0.2) is 35.0 Å². The number of aromatic nitrogens is 4. The van der Waals surface area contributed by atoms with Crippen molar-refractivity contribution < 1.29 is 9.26 Å². The highest BCUT2D eigenvalue weighted by Crippen LogP contribution is 2.26. The van der Waals surface area contributed by atoms with Crippen molar-refractivity contribution in [2.75, 3.05) is 0 Å². The molecular formula is C15H13ClN4O2. The molecule has 3 rings (SSSR count). The molecule has 0 fully saturated rings. The van der Waals surface area contributed by atoms with Crippen LogP contribution in [-0.2, 0) is 6.61 Å². The Balaban J connectivity index is 1.83. The van der Waals surface area contributed by atoms with E-state index in [1.807, 2.05) is 26.0 Å². The number of ether oxygens (including phenoxy) is 1. The maximum atomic E-state index is 5.69. The van der Waals surface area contributed by atoms with Gasteiger partial charge in [0.15, 0.2) is 5.15 Å². The lowest BCUT2D eigenvalue weighted by atomic mass is 10.1. The second-order valence-electron chi connectivity index (χ2n) is 4.74. The zero-order valence-corrected chi connectivity index (χ0v) is 12.8. The molecule has 0 bridgehead atoms. The number of nitrogens with zero attached hydrogens (tertiary/aromatic N) is 4. The predicted molar refractivity (Wildman–Crippen MR) is 80.6 cm³/mol. The molecule has 0 aliphatic carbocycles. The van der Waals surface area contributed by atoms with Gasteiger partial charge in [-0.1, -0.05) is 16.8 Å². The molecule has 0 aromatic carbocycles. The fourth-order valence-electron chi connectivity index (χ4n) is 1.92. The maximum absolute atomic E-state index is 5.69. The molecule has 3 aromatic rings. The van der Waals surface area contributed by atoms with Crippen LogP contribution < -0.4 is 4.74 Å². The van der Waals surface area contributed by atoms with E-state index in [4.69, 9.17) is 20.9 Å². The largest absolute Gasteiger partial charge is 0.472 e. The van der Waals surface area contributed by atoms with Crippen LogP contribution in [0.25, 0.3) is 11.3 Å². The van der Waals surface area contributed by atoms with Crippen molar-refractivity contribution >= 4 is 11.6 Å². The van der Waals surface area contributed by atoms with Gasteiger partial charge in [0.1, 0.15) is 18.1 Å². The summed E-state index contributed by atoms with van der Waals surface area (Å²) in [5, 5.41) is 12.0. The number of hydrogen-bond donors (Lipinski definition) is 0. The first kappa shape index (κ1) is 14.5. The first-order chi connectivity index (χ1) is 10.6. The molecule has 0 aliphatic heterocycles. The highest BCUT2D eigenvalue weighted by atomic mass is 35.5. The van der Waals surface area contributed by atoms with E-state index >= 15 is 0 Å². The fraction of sp³-hybridized carbons (Fsp3) is 0.200. The third-order valence-electron chi connectivity index (χ3n) is 3.14. The highest BCUT2D eigenvalue weighted by Gasteiger charge is 2.16. The van der Waals surface area contributed by atoms with E-state index in [-0.39, 0.29) is 6.61 Å². The molecule has 3 heterocycles. The number of aryl methyl sites for hydroxylation is 2. The van der Waals surface area contributed by atoms with Gasteiger partial charge in [-0.2, -0.15) is 0 Å². The summed E-state index contributed by atoms with van der Waals surface area (Å²) in [6.07, 6.45) is 1.76. The van der Waals surface area contributed by atoms with Crippen LogP contribution in [0, 0.1) is 13.8 Å². The van der Waals surface area contributed by atoms with E-state index < -0.39 is 0 Å². The van der Waals surface area contributed by atoms with E-state index in [9.17, 15) is 0 Å². The number of hydrogen-bond acceptors (Lipinski definition) is 6. The van der Waals surface area contributed by atoms with Crippen molar-refractivity contribution in [3.8, 4) is 17.1 Å². The summed E-state index contributed by atoms with van der Waals surface area (Å²) in [5.74, 6) is 1.08. The minimum absolute atomic E-state index is 0.273. The van der Waals surface area contributed by atoms with Crippen molar-refractivity contribution in [1.29, 1.82) is 0 Å². The molecule has 112 valence electrons. The number of pyridine rings is 1. The summed E-state index contributed by atoms with van der Waals surface area (Å²) in [6, 6.07) is 7.15. The molecular weight excluding hydrogens is 304 g/mol. The molecule has 0 N–H and O–H groups in total. The summed E-state index contributed by atoms with van der Waals surface area (Å²) in [4.78, 5) is 4.27. The lowest BCUT2D eigenvalue weighted by molar-refractivity contribution is 0.287. The highest BCUT2D eigenvalue weighted by molar-refractivity contribution is 6.29. The molecule has 0 saturated carbocycles. The lowest BCUT2D eigenvalue weighted by Gasteiger charge is -2.05. The topological polar surface area (TPSA) is 73.9 Å². The van der Waals surface area contributed by atoms with Crippen LogP contribution in [-0.4, -0.2) is 20.3 Å². The molecule has 3 aromatic heterocycles. The lowest BCUT2D eigenvalue weighted by Crippen LogP contribution is -2.00. The molecule has 0 radical (unpaired) electrons. The predicted octanol–water partition coefficient (Wildman–Crippen LogP) is 3.38. The molecule has 22 heavy (non-hydrogen) atoms. The van der Waals surface area contributed by atoms with Crippen molar-refractivity contribution in [2.24, 2.45) is 0 Å². The Morgan fingerprint density at radius 2 is 2.00 bits per heavy atom. The quantitative estimate of drug-likeness (QED) is 0.734.